The van der Waals surface area contributed by atoms with Gasteiger partial charge in [0, 0.05) is 23.1 Å². The molecule has 0 aliphatic carbocycles. The van der Waals surface area contributed by atoms with E-state index < -0.39 is 45.3 Å². The topological polar surface area (TPSA) is 113 Å². The van der Waals surface area contributed by atoms with E-state index in [0.717, 1.165) is 29.5 Å². The summed E-state index contributed by atoms with van der Waals surface area (Å²) in [6.45, 7) is 2.09. The zero-order valence-electron chi connectivity index (χ0n) is 21.1. The van der Waals surface area contributed by atoms with Crippen LogP contribution in [0, 0.1) is 5.82 Å². The molecular weight excluding hydrogens is 566 g/mol. The second kappa shape index (κ2) is 11.5. The van der Waals surface area contributed by atoms with Crippen molar-refractivity contribution in [3.8, 4) is 0 Å². The van der Waals surface area contributed by atoms with E-state index in [1.807, 2.05) is 24.3 Å². The Morgan fingerprint density at radius 2 is 1.51 bits per heavy atom. The Kier molecular flexibility index (Phi) is 8.51. The van der Waals surface area contributed by atoms with Gasteiger partial charge in [0.25, 0.3) is 5.91 Å². The van der Waals surface area contributed by atoms with Crippen LogP contribution in [0.15, 0.2) is 66.7 Å². The minimum atomic E-state index is -3.82. The maximum atomic E-state index is 14.6. The highest BCUT2D eigenvalue weighted by atomic mass is 35.5. The first-order chi connectivity index (χ1) is 18.3. The highest BCUT2D eigenvalue weighted by Crippen LogP contribution is 2.37. The Labute approximate surface area is 236 Å². The number of hydrogen-bond acceptors (Lipinski definition) is 5. The normalized spacial score (nSPS) is 15.0. The lowest BCUT2D eigenvalue weighted by Crippen LogP contribution is -2.61. The average molecular weight is 594 g/mol. The Morgan fingerprint density at radius 3 is 1.97 bits per heavy atom. The number of carbonyl (C=O) groups excluding carboxylic acids is 2. The van der Waals surface area contributed by atoms with E-state index >= 15 is 0 Å². The molecule has 0 unspecified atom stereocenters. The quantitative estimate of drug-likeness (QED) is 0.390. The highest BCUT2D eigenvalue weighted by molar-refractivity contribution is 7.92. The van der Waals surface area contributed by atoms with Gasteiger partial charge in [-0.25, -0.2) is 12.8 Å². The molecule has 1 fully saturated rings. The molecule has 0 bridgehead atoms. The van der Waals surface area contributed by atoms with Gasteiger partial charge in [0.05, 0.1) is 29.6 Å². The fourth-order valence-corrected chi connectivity index (χ4v) is 6.02. The molecule has 1 saturated heterocycles. The van der Waals surface area contributed by atoms with Gasteiger partial charge in [0.2, 0.25) is 15.9 Å². The summed E-state index contributed by atoms with van der Waals surface area (Å²) < 4.78 is 41.6. The maximum Gasteiger partial charge on any atom is 0.254 e. The van der Waals surface area contributed by atoms with Crippen molar-refractivity contribution in [2.45, 2.75) is 25.0 Å². The molecule has 206 valence electrons. The summed E-state index contributed by atoms with van der Waals surface area (Å²) in [5.41, 5.74) is 6.86. The molecule has 1 aliphatic rings. The number of carbonyl (C=O) groups is 2. The van der Waals surface area contributed by atoms with E-state index in [1.165, 1.54) is 17.3 Å². The van der Waals surface area contributed by atoms with Crippen molar-refractivity contribution in [1.29, 1.82) is 0 Å². The number of likely N-dealkylation sites (tertiary alicyclic amines) is 1. The fraction of sp³-hybridized carbons (Fsp3) is 0.259. The molecule has 39 heavy (non-hydrogen) atoms. The number of halogens is 3. The SMILES string of the molecule is C[C@H](NC(=O)c1cc(N(C2CN(C(c3ccc(Cl)cc3)c3ccc(Cl)cc3)C2)S(C)(=O)=O)ccc1F)C(N)=O. The number of nitrogens with two attached hydrogens (primary N) is 1. The van der Waals surface area contributed by atoms with Crippen LogP contribution in [0.4, 0.5) is 10.1 Å². The van der Waals surface area contributed by atoms with Gasteiger partial charge < -0.3 is 11.1 Å². The molecule has 1 atom stereocenters. The van der Waals surface area contributed by atoms with Crippen molar-refractivity contribution in [2.24, 2.45) is 5.73 Å². The molecule has 3 aromatic rings. The third kappa shape index (κ3) is 6.52. The smallest absolute Gasteiger partial charge is 0.254 e. The first-order valence-electron chi connectivity index (χ1n) is 12.0. The maximum absolute atomic E-state index is 14.6. The van der Waals surface area contributed by atoms with Crippen molar-refractivity contribution in [3.05, 3.63) is 99.3 Å². The summed E-state index contributed by atoms with van der Waals surface area (Å²) in [5, 5.41) is 3.51. The van der Waals surface area contributed by atoms with Crippen LogP contribution in [0.3, 0.4) is 0 Å². The number of sulfonamides is 1. The third-order valence-corrected chi connectivity index (χ3v) is 8.27. The molecule has 0 saturated carbocycles. The molecule has 0 spiro atoms. The van der Waals surface area contributed by atoms with Crippen molar-refractivity contribution < 1.29 is 22.4 Å². The molecule has 3 aromatic carbocycles. The number of amides is 2. The Hall–Kier alpha value is -3.18. The number of hydrogen-bond donors (Lipinski definition) is 2. The van der Waals surface area contributed by atoms with E-state index in [-0.39, 0.29) is 11.7 Å². The van der Waals surface area contributed by atoms with Gasteiger partial charge >= 0.3 is 0 Å². The molecule has 0 radical (unpaired) electrons. The molecule has 4 rings (SSSR count). The third-order valence-electron chi connectivity index (χ3n) is 6.54. The van der Waals surface area contributed by atoms with Crippen molar-refractivity contribution in [3.63, 3.8) is 0 Å². The average Bonchev–Trinajstić information content (AvgIpc) is 2.84. The predicted octanol–water partition coefficient (Wildman–Crippen LogP) is 3.98. The van der Waals surface area contributed by atoms with Gasteiger partial charge in [-0.15, -0.1) is 0 Å². The lowest BCUT2D eigenvalue weighted by molar-refractivity contribution is -0.119. The van der Waals surface area contributed by atoms with Gasteiger partial charge in [0.1, 0.15) is 11.9 Å². The summed E-state index contributed by atoms with van der Waals surface area (Å²) >= 11 is 12.2. The molecule has 8 nitrogen and oxygen atoms in total. The number of primary amides is 1. The molecular formula is C27H27Cl2FN4O4S. The zero-order valence-corrected chi connectivity index (χ0v) is 23.5. The van der Waals surface area contributed by atoms with Crippen LogP contribution in [0.1, 0.15) is 34.5 Å². The number of rotatable bonds is 9. The summed E-state index contributed by atoms with van der Waals surface area (Å²) in [7, 11) is -3.82. The number of anilines is 1. The summed E-state index contributed by atoms with van der Waals surface area (Å²) in [5.74, 6) is -2.53. The molecule has 3 N–H and O–H groups in total. The predicted molar refractivity (Wildman–Crippen MR) is 150 cm³/mol. The van der Waals surface area contributed by atoms with Gasteiger partial charge in [-0.2, -0.15) is 0 Å². The first kappa shape index (κ1) is 28.8. The lowest BCUT2D eigenvalue weighted by Gasteiger charge is -2.48. The van der Waals surface area contributed by atoms with E-state index in [9.17, 15) is 22.4 Å². The van der Waals surface area contributed by atoms with Crippen LogP contribution in [-0.4, -0.2) is 56.6 Å². The minimum absolute atomic E-state index is 0.134. The van der Waals surface area contributed by atoms with Crippen LogP contribution in [0.2, 0.25) is 10.0 Å². The summed E-state index contributed by atoms with van der Waals surface area (Å²) in [6.07, 6.45) is 1.06. The van der Waals surface area contributed by atoms with E-state index in [1.54, 1.807) is 24.3 Å². The summed E-state index contributed by atoms with van der Waals surface area (Å²) in [6, 6.07) is 16.6. The van der Waals surface area contributed by atoms with Crippen molar-refractivity contribution in [2.75, 3.05) is 23.7 Å². The van der Waals surface area contributed by atoms with Gasteiger partial charge in [-0.05, 0) is 60.5 Å². The number of nitrogens with zero attached hydrogens (tertiary/aromatic N) is 2. The Morgan fingerprint density at radius 1 is 1.00 bits per heavy atom. The Bertz CT molecular complexity index is 1440. The second-order valence-corrected chi connectivity index (χ2v) is 12.2. The summed E-state index contributed by atoms with van der Waals surface area (Å²) in [4.78, 5) is 26.0. The molecule has 0 aromatic heterocycles. The molecule has 1 aliphatic heterocycles. The number of nitrogens with one attached hydrogen (secondary N) is 1. The zero-order chi connectivity index (χ0) is 28.5. The van der Waals surface area contributed by atoms with Crippen LogP contribution in [0.5, 0.6) is 0 Å². The van der Waals surface area contributed by atoms with E-state index in [4.69, 9.17) is 28.9 Å². The highest BCUT2D eigenvalue weighted by Gasteiger charge is 2.41. The van der Waals surface area contributed by atoms with Crippen LogP contribution in [-0.2, 0) is 14.8 Å². The Balaban J connectivity index is 1.62. The first-order valence-corrected chi connectivity index (χ1v) is 14.6. The number of benzene rings is 3. The van der Waals surface area contributed by atoms with E-state index in [2.05, 4.69) is 10.2 Å². The van der Waals surface area contributed by atoms with Crippen LogP contribution < -0.4 is 15.4 Å². The van der Waals surface area contributed by atoms with Gasteiger partial charge in [0.15, 0.2) is 0 Å². The van der Waals surface area contributed by atoms with Crippen LogP contribution in [0.25, 0.3) is 0 Å². The molecule has 2 amide bonds. The second-order valence-electron chi connectivity index (χ2n) is 9.43. The molecule has 12 heteroatoms. The van der Waals surface area contributed by atoms with Gasteiger partial charge in [-0.3, -0.25) is 18.8 Å². The van der Waals surface area contributed by atoms with Crippen LogP contribution >= 0.6 is 23.2 Å². The fourth-order valence-electron chi connectivity index (χ4n) is 4.59. The molecule has 1 heterocycles. The van der Waals surface area contributed by atoms with Crippen molar-refractivity contribution >= 4 is 50.7 Å². The standard InChI is InChI=1S/C27H27Cl2FN4O4S/c1-16(26(31)35)32-27(36)23-13-21(11-12-24(23)30)34(39(2,37)38)22-14-33(15-22)25(17-3-7-19(28)8-4-17)18-5-9-20(29)10-6-18/h3-13,16,22,25H,14-15H2,1-2H3,(H2,31,35)(H,32,36)/t16-/m0/s1. The van der Waals surface area contributed by atoms with E-state index in [0.29, 0.717) is 23.1 Å². The van der Waals surface area contributed by atoms with Crippen molar-refractivity contribution in [1.82, 2.24) is 10.2 Å². The monoisotopic (exact) mass is 592 g/mol. The lowest BCUT2D eigenvalue weighted by atomic mass is 9.93. The minimum Gasteiger partial charge on any atom is -0.368 e. The van der Waals surface area contributed by atoms with Gasteiger partial charge in [-0.1, -0.05) is 47.5 Å². The largest absolute Gasteiger partial charge is 0.368 e.